The van der Waals surface area contributed by atoms with Crippen LogP contribution in [0.25, 0.3) is 0 Å². The van der Waals surface area contributed by atoms with Gasteiger partial charge in [0.15, 0.2) is 10.8 Å². The minimum atomic E-state index is -4.46. The Labute approximate surface area is 152 Å². The predicted molar refractivity (Wildman–Crippen MR) is 74.0 cm³/mol. The first-order valence-electron chi connectivity index (χ1n) is 5.90. The standard InChI is InChI=1S/C13H11F3N2O2S.Na.H/c1-7(11(19)20)8-2-4-9(5-3-8)17-12-18-10(6-21-12)13(14,15)16;;/h2-7H,1H3,(H,17,18)(H,19,20);;/q;+1;-1/t7-;;/m0../s1. The van der Waals surface area contributed by atoms with Gasteiger partial charge in [-0.1, -0.05) is 12.1 Å². The zero-order valence-electron chi connectivity index (χ0n) is 12.8. The monoisotopic (exact) mass is 340 g/mol. The molecule has 0 unspecified atom stereocenters. The van der Waals surface area contributed by atoms with Crippen LogP contribution < -0.4 is 34.9 Å². The molecule has 2 N–H and O–H groups in total. The van der Waals surface area contributed by atoms with Crippen LogP contribution >= 0.6 is 11.3 Å². The summed E-state index contributed by atoms with van der Waals surface area (Å²) in [5, 5.41) is 12.7. The minimum absolute atomic E-state index is 0. The van der Waals surface area contributed by atoms with E-state index in [2.05, 4.69) is 10.3 Å². The van der Waals surface area contributed by atoms with Gasteiger partial charge in [0.2, 0.25) is 0 Å². The molecule has 1 atom stereocenters. The van der Waals surface area contributed by atoms with Gasteiger partial charge in [0, 0.05) is 11.1 Å². The number of carbonyl (C=O) groups is 1. The molecule has 114 valence electrons. The quantitative estimate of drug-likeness (QED) is 0.822. The summed E-state index contributed by atoms with van der Waals surface area (Å²) in [6.45, 7) is 1.56. The van der Waals surface area contributed by atoms with E-state index in [9.17, 15) is 18.0 Å². The van der Waals surface area contributed by atoms with E-state index in [1.54, 1.807) is 31.2 Å². The van der Waals surface area contributed by atoms with Crippen molar-refractivity contribution in [1.29, 1.82) is 0 Å². The zero-order chi connectivity index (χ0) is 15.6. The average Bonchev–Trinajstić information content (AvgIpc) is 2.87. The van der Waals surface area contributed by atoms with Gasteiger partial charge in [-0.3, -0.25) is 4.79 Å². The second-order valence-corrected chi connectivity index (χ2v) is 5.20. The molecule has 1 aromatic carbocycles. The fourth-order valence-electron chi connectivity index (χ4n) is 1.58. The summed E-state index contributed by atoms with van der Waals surface area (Å²) in [6.07, 6.45) is -4.46. The van der Waals surface area contributed by atoms with Crippen molar-refractivity contribution in [2.24, 2.45) is 0 Å². The molecule has 0 bridgehead atoms. The van der Waals surface area contributed by atoms with Gasteiger partial charge in [-0.05, 0) is 24.6 Å². The average molecular weight is 340 g/mol. The Bertz CT molecular complexity index is 649. The van der Waals surface area contributed by atoms with Crippen molar-refractivity contribution in [3.05, 3.63) is 40.9 Å². The number of halogens is 3. The number of benzene rings is 1. The van der Waals surface area contributed by atoms with E-state index in [0.717, 1.165) is 16.7 Å². The third kappa shape index (κ3) is 4.70. The van der Waals surface area contributed by atoms with Crippen molar-refractivity contribution in [3.63, 3.8) is 0 Å². The Morgan fingerprint density at radius 2 is 1.95 bits per heavy atom. The molecule has 1 heterocycles. The number of alkyl halides is 3. The van der Waals surface area contributed by atoms with Crippen LogP contribution in [0, 0.1) is 0 Å². The number of nitrogens with one attached hydrogen (secondary N) is 1. The summed E-state index contributed by atoms with van der Waals surface area (Å²) in [4.78, 5) is 14.3. The first-order chi connectivity index (χ1) is 9.77. The summed E-state index contributed by atoms with van der Waals surface area (Å²) in [5.41, 5.74) is 0.216. The van der Waals surface area contributed by atoms with E-state index < -0.39 is 23.8 Å². The molecule has 0 saturated carbocycles. The number of nitrogens with zero attached hydrogens (tertiary/aromatic N) is 1. The number of carboxylic acid groups (broad SMARTS) is 1. The summed E-state index contributed by atoms with van der Waals surface area (Å²) in [5.74, 6) is -1.58. The maximum atomic E-state index is 12.4. The van der Waals surface area contributed by atoms with Gasteiger partial charge < -0.3 is 11.8 Å². The van der Waals surface area contributed by atoms with Crippen LogP contribution in [0.1, 0.15) is 25.5 Å². The van der Waals surface area contributed by atoms with E-state index >= 15 is 0 Å². The maximum Gasteiger partial charge on any atom is 1.00 e. The van der Waals surface area contributed by atoms with E-state index in [0.29, 0.717) is 11.3 Å². The fourth-order valence-corrected chi connectivity index (χ4v) is 2.32. The zero-order valence-corrected chi connectivity index (χ0v) is 14.6. The van der Waals surface area contributed by atoms with E-state index in [-0.39, 0.29) is 36.1 Å². The van der Waals surface area contributed by atoms with Crippen LogP contribution in [0.5, 0.6) is 0 Å². The van der Waals surface area contributed by atoms with Crippen molar-refractivity contribution >= 4 is 28.1 Å². The van der Waals surface area contributed by atoms with Gasteiger partial charge in [0.1, 0.15) is 0 Å². The van der Waals surface area contributed by atoms with Crippen LogP contribution in [0.15, 0.2) is 29.6 Å². The second kappa shape index (κ2) is 7.45. The molecular weight excluding hydrogens is 328 g/mol. The number of aliphatic carboxylic acids is 1. The van der Waals surface area contributed by atoms with Gasteiger partial charge in [-0.15, -0.1) is 11.3 Å². The molecule has 2 aromatic rings. The molecule has 0 aliphatic heterocycles. The first-order valence-corrected chi connectivity index (χ1v) is 6.78. The minimum Gasteiger partial charge on any atom is -1.00 e. The molecule has 0 spiro atoms. The predicted octanol–water partition coefficient (Wildman–Crippen LogP) is 1.21. The number of anilines is 2. The van der Waals surface area contributed by atoms with Crippen LogP contribution in [-0.4, -0.2) is 16.1 Å². The molecule has 0 fully saturated rings. The molecule has 0 radical (unpaired) electrons. The molecule has 4 nitrogen and oxygen atoms in total. The van der Waals surface area contributed by atoms with Crippen LogP contribution in [0.4, 0.5) is 24.0 Å². The van der Waals surface area contributed by atoms with Crippen molar-refractivity contribution in [3.8, 4) is 0 Å². The SMILES string of the molecule is C[C@H](C(=O)O)c1ccc(Nc2nc(C(F)(F)F)cs2)cc1.[H-].[Na+]. The molecule has 0 aliphatic carbocycles. The van der Waals surface area contributed by atoms with Gasteiger partial charge in [-0.25, -0.2) is 4.98 Å². The summed E-state index contributed by atoms with van der Waals surface area (Å²) in [6, 6.07) is 6.42. The maximum absolute atomic E-state index is 12.4. The summed E-state index contributed by atoms with van der Waals surface area (Å²) < 4.78 is 37.3. The largest absolute Gasteiger partial charge is 1.00 e. The van der Waals surface area contributed by atoms with Gasteiger partial charge in [0.25, 0.3) is 0 Å². The molecule has 1 aromatic heterocycles. The van der Waals surface area contributed by atoms with E-state index in [1.807, 2.05) is 0 Å². The van der Waals surface area contributed by atoms with Crippen molar-refractivity contribution in [2.45, 2.75) is 19.0 Å². The van der Waals surface area contributed by atoms with Crippen molar-refractivity contribution < 1.29 is 54.1 Å². The third-order valence-electron chi connectivity index (χ3n) is 2.83. The van der Waals surface area contributed by atoms with Crippen LogP contribution in [0.3, 0.4) is 0 Å². The van der Waals surface area contributed by atoms with Crippen LogP contribution in [-0.2, 0) is 11.0 Å². The Hall–Kier alpha value is -1.09. The second-order valence-electron chi connectivity index (χ2n) is 4.34. The molecule has 0 aliphatic rings. The normalized spacial score (nSPS) is 12.4. The Kier molecular flexibility index (Phi) is 6.42. The summed E-state index contributed by atoms with van der Waals surface area (Å²) >= 11 is 0.850. The molecule has 0 amide bonds. The first kappa shape index (κ1) is 19.0. The Morgan fingerprint density at radius 1 is 1.36 bits per heavy atom. The number of aromatic nitrogens is 1. The van der Waals surface area contributed by atoms with Gasteiger partial charge >= 0.3 is 41.7 Å². The van der Waals surface area contributed by atoms with E-state index in [4.69, 9.17) is 5.11 Å². The number of rotatable bonds is 4. The number of hydrogen-bond donors (Lipinski definition) is 2. The van der Waals surface area contributed by atoms with Gasteiger partial charge in [-0.2, -0.15) is 13.2 Å². The van der Waals surface area contributed by atoms with E-state index in [1.165, 1.54) is 0 Å². The fraction of sp³-hybridized carbons (Fsp3) is 0.231. The third-order valence-corrected chi connectivity index (χ3v) is 3.58. The molecule has 22 heavy (non-hydrogen) atoms. The molecule has 0 saturated heterocycles. The number of carboxylic acids is 1. The Balaban J connectivity index is 0.00000242. The smallest absolute Gasteiger partial charge is 1.00 e. The molecule has 2 rings (SSSR count). The summed E-state index contributed by atoms with van der Waals surface area (Å²) in [7, 11) is 0. The van der Waals surface area contributed by atoms with Crippen molar-refractivity contribution in [2.75, 3.05) is 5.32 Å². The number of hydrogen-bond acceptors (Lipinski definition) is 4. The van der Waals surface area contributed by atoms with Crippen LogP contribution in [0.2, 0.25) is 0 Å². The van der Waals surface area contributed by atoms with Crippen molar-refractivity contribution in [1.82, 2.24) is 4.98 Å². The number of thiazole rings is 1. The molecular formula is C13H12F3N2NaO2S. The van der Waals surface area contributed by atoms with Gasteiger partial charge in [0.05, 0.1) is 5.92 Å². The topological polar surface area (TPSA) is 62.2 Å². The molecule has 9 heteroatoms. The Morgan fingerprint density at radius 3 is 2.41 bits per heavy atom.